The van der Waals surface area contributed by atoms with Crippen molar-refractivity contribution in [3.05, 3.63) is 71.8 Å². The van der Waals surface area contributed by atoms with E-state index in [1.807, 2.05) is 36.4 Å². The van der Waals surface area contributed by atoms with Gasteiger partial charge in [0.2, 0.25) is 5.91 Å². The maximum atomic E-state index is 12.9. The van der Waals surface area contributed by atoms with E-state index in [0.717, 1.165) is 24.0 Å². The molecule has 3 aliphatic rings. The van der Waals surface area contributed by atoms with Crippen LogP contribution in [0.5, 0.6) is 0 Å². The van der Waals surface area contributed by atoms with Crippen LogP contribution < -0.4 is 10.6 Å². The minimum absolute atomic E-state index is 0.0234. The van der Waals surface area contributed by atoms with Crippen LogP contribution in [-0.2, 0) is 14.3 Å². The molecule has 7 nitrogen and oxygen atoms in total. The molecule has 1 unspecified atom stereocenters. The Kier molecular flexibility index (Phi) is 6.09. The summed E-state index contributed by atoms with van der Waals surface area (Å²) in [6.45, 7) is 1.80. The Labute approximate surface area is 204 Å². The van der Waals surface area contributed by atoms with E-state index < -0.39 is 23.5 Å². The van der Waals surface area contributed by atoms with Gasteiger partial charge in [0.25, 0.3) is 0 Å². The third-order valence-electron chi connectivity index (χ3n) is 7.57. The normalized spacial score (nSPS) is 22.4. The molecule has 0 aliphatic heterocycles. The number of carbonyl (C=O) groups is 3. The van der Waals surface area contributed by atoms with E-state index in [4.69, 9.17) is 4.74 Å². The van der Waals surface area contributed by atoms with E-state index in [9.17, 15) is 19.5 Å². The standard InChI is InChI=1S/C28H30N2O5/c1-28(26(32)33,18-13-14-18)30-25(31)17-7-6-8-19(15-17)29-27(34)35-16-24-22-11-4-2-9-20(22)21-10-3-5-12-23(21)24/h2-6,8-12,17-19,24H,7,13-16H2,1H3,(H,29,34)(H,30,31)(H,32,33)/t17-,19-,28?/m1/s1. The Bertz CT molecular complexity index is 1140. The molecule has 1 fully saturated rings. The molecule has 3 N–H and O–H groups in total. The summed E-state index contributed by atoms with van der Waals surface area (Å²) in [5.41, 5.74) is 3.39. The first-order valence-electron chi connectivity index (χ1n) is 12.2. The van der Waals surface area contributed by atoms with Crippen LogP contribution >= 0.6 is 0 Å². The summed E-state index contributed by atoms with van der Waals surface area (Å²) >= 11 is 0. The summed E-state index contributed by atoms with van der Waals surface area (Å²) < 4.78 is 5.63. The van der Waals surface area contributed by atoms with Gasteiger partial charge in [-0.15, -0.1) is 0 Å². The van der Waals surface area contributed by atoms with Crippen molar-refractivity contribution in [2.24, 2.45) is 11.8 Å². The van der Waals surface area contributed by atoms with Gasteiger partial charge in [0.15, 0.2) is 0 Å². The molecule has 0 spiro atoms. The largest absolute Gasteiger partial charge is 0.480 e. The molecule has 0 aromatic heterocycles. The zero-order valence-corrected chi connectivity index (χ0v) is 19.7. The molecule has 0 heterocycles. The van der Waals surface area contributed by atoms with E-state index in [2.05, 4.69) is 34.9 Å². The lowest BCUT2D eigenvalue weighted by molar-refractivity contribution is -0.148. The van der Waals surface area contributed by atoms with Gasteiger partial charge in [-0.2, -0.15) is 0 Å². The third kappa shape index (κ3) is 4.55. The highest BCUT2D eigenvalue weighted by Crippen LogP contribution is 2.44. The number of benzene rings is 2. The molecule has 0 bridgehead atoms. The number of allylic oxidation sites excluding steroid dienone is 1. The highest BCUT2D eigenvalue weighted by Gasteiger charge is 2.49. The smallest absolute Gasteiger partial charge is 0.407 e. The third-order valence-corrected chi connectivity index (χ3v) is 7.57. The van der Waals surface area contributed by atoms with Crippen molar-refractivity contribution in [2.75, 3.05) is 6.61 Å². The summed E-state index contributed by atoms with van der Waals surface area (Å²) in [4.78, 5) is 37.3. The van der Waals surface area contributed by atoms with Gasteiger partial charge in [-0.25, -0.2) is 9.59 Å². The Morgan fingerprint density at radius 2 is 1.66 bits per heavy atom. The van der Waals surface area contributed by atoms with Gasteiger partial charge in [-0.05, 0) is 60.8 Å². The molecule has 35 heavy (non-hydrogen) atoms. The van der Waals surface area contributed by atoms with Crippen molar-refractivity contribution in [3.63, 3.8) is 0 Å². The number of alkyl carbamates (subject to hydrolysis) is 1. The van der Waals surface area contributed by atoms with Crippen molar-refractivity contribution in [1.82, 2.24) is 10.6 Å². The van der Waals surface area contributed by atoms with Crippen molar-refractivity contribution < 1.29 is 24.2 Å². The average molecular weight is 475 g/mol. The number of carboxylic acid groups (broad SMARTS) is 1. The fourth-order valence-electron chi connectivity index (χ4n) is 5.35. The first-order valence-corrected chi connectivity index (χ1v) is 12.2. The molecule has 0 saturated heterocycles. The van der Waals surface area contributed by atoms with Crippen LogP contribution in [0, 0.1) is 11.8 Å². The molecule has 2 aromatic carbocycles. The molecule has 3 aliphatic carbocycles. The fraction of sp³-hybridized carbons (Fsp3) is 0.393. The number of carboxylic acids is 1. The van der Waals surface area contributed by atoms with Crippen LogP contribution in [0.1, 0.15) is 49.7 Å². The topological polar surface area (TPSA) is 105 Å². The first kappa shape index (κ1) is 23.1. The van der Waals surface area contributed by atoms with E-state index in [1.165, 1.54) is 11.1 Å². The molecule has 0 radical (unpaired) electrons. The zero-order valence-electron chi connectivity index (χ0n) is 19.7. The SMILES string of the molecule is CC(NC(=O)[C@@H]1CC=C[C@@H](NC(=O)OCC2c3ccccc3-c3ccccc32)C1)(C(=O)O)C1CC1. The van der Waals surface area contributed by atoms with Gasteiger partial charge in [0.05, 0.1) is 6.04 Å². The monoisotopic (exact) mass is 474 g/mol. The molecule has 182 valence electrons. The molecule has 3 atom stereocenters. The minimum Gasteiger partial charge on any atom is -0.480 e. The summed E-state index contributed by atoms with van der Waals surface area (Å²) in [7, 11) is 0. The van der Waals surface area contributed by atoms with Crippen LogP contribution in [-0.4, -0.2) is 41.3 Å². The summed E-state index contributed by atoms with van der Waals surface area (Å²) in [5, 5.41) is 15.2. The number of carbonyl (C=O) groups excluding carboxylic acids is 2. The Balaban J connectivity index is 1.17. The summed E-state index contributed by atoms with van der Waals surface area (Å²) in [6, 6.07) is 16.0. The molecule has 2 amide bonds. The fourth-order valence-corrected chi connectivity index (χ4v) is 5.35. The molecule has 7 heteroatoms. The van der Waals surface area contributed by atoms with Gasteiger partial charge in [0.1, 0.15) is 12.1 Å². The van der Waals surface area contributed by atoms with E-state index in [-0.39, 0.29) is 30.4 Å². The number of hydrogen-bond acceptors (Lipinski definition) is 4. The highest BCUT2D eigenvalue weighted by atomic mass is 16.5. The zero-order chi connectivity index (χ0) is 24.6. The van der Waals surface area contributed by atoms with Crippen molar-refractivity contribution in [3.8, 4) is 11.1 Å². The second kappa shape index (κ2) is 9.21. The molecule has 5 rings (SSSR count). The first-order chi connectivity index (χ1) is 16.9. The number of nitrogens with one attached hydrogen (secondary N) is 2. The number of hydrogen-bond donors (Lipinski definition) is 3. The summed E-state index contributed by atoms with van der Waals surface area (Å²) in [6.07, 6.45) is 5.71. The quantitative estimate of drug-likeness (QED) is 0.521. The lowest BCUT2D eigenvalue weighted by Crippen LogP contribution is -2.56. The number of ether oxygens (including phenoxy) is 1. The van der Waals surface area contributed by atoms with Crippen molar-refractivity contribution >= 4 is 18.0 Å². The maximum Gasteiger partial charge on any atom is 0.407 e. The Morgan fingerprint density at radius 3 is 2.26 bits per heavy atom. The van der Waals surface area contributed by atoms with Gasteiger partial charge in [-0.3, -0.25) is 4.79 Å². The van der Waals surface area contributed by atoms with Gasteiger partial charge in [-0.1, -0.05) is 60.7 Å². The van der Waals surface area contributed by atoms with Crippen LogP contribution in [0.25, 0.3) is 11.1 Å². The van der Waals surface area contributed by atoms with Crippen LogP contribution in [0.15, 0.2) is 60.7 Å². The maximum absolute atomic E-state index is 12.9. The lowest BCUT2D eigenvalue weighted by Gasteiger charge is -2.30. The predicted molar refractivity (Wildman–Crippen MR) is 131 cm³/mol. The number of rotatable bonds is 7. The minimum atomic E-state index is -1.24. The second-order valence-corrected chi connectivity index (χ2v) is 9.94. The Morgan fingerprint density at radius 1 is 1.03 bits per heavy atom. The highest BCUT2D eigenvalue weighted by molar-refractivity contribution is 5.88. The van der Waals surface area contributed by atoms with Gasteiger partial charge < -0.3 is 20.5 Å². The number of fused-ring (bicyclic) bond motifs is 3. The Hall–Kier alpha value is -3.61. The molecular weight excluding hydrogens is 444 g/mol. The van der Waals surface area contributed by atoms with E-state index in [0.29, 0.717) is 12.8 Å². The molecule has 1 saturated carbocycles. The lowest BCUT2D eigenvalue weighted by atomic mass is 9.88. The molecule has 2 aromatic rings. The van der Waals surface area contributed by atoms with E-state index in [1.54, 1.807) is 6.92 Å². The van der Waals surface area contributed by atoms with Crippen LogP contribution in [0.4, 0.5) is 4.79 Å². The van der Waals surface area contributed by atoms with Crippen LogP contribution in [0.3, 0.4) is 0 Å². The van der Waals surface area contributed by atoms with Gasteiger partial charge in [0, 0.05) is 11.8 Å². The van der Waals surface area contributed by atoms with Crippen LogP contribution in [0.2, 0.25) is 0 Å². The number of amides is 2. The van der Waals surface area contributed by atoms with Crippen molar-refractivity contribution in [2.45, 2.75) is 50.1 Å². The van der Waals surface area contributed by atoms with Crippen molar-refractivity contribution in [1.29, 1.82) is 0 Å². The predicted octanol–water partition coefficient (Wildman–Crippen LogP) is 4.23. The summed E-state index contributed by atoms with van der Waals surface area (Å²) in [5.74, 6) is -1.75. The number of aliphatic carboxylic acids is 1. The van der Waals surface area contributed by atoms with E-state index >= 15 is 0 Å². The second-order valence-electron chi connectivity index (χ2n) is 9.94. The average Bonchev–Trinajstić information content (AvgIpc) is 3.66. The van der Waals surface area contributed by atoms with Gasteiger partial charge >= 0.3 is 12.1 Å². The molecular formula is C28H30N2O5.